The van der Waals surface area contributed by atoms with Crippen molar-refractivity contribution in [1.29, 1.82) is 0 Å². The van der Waals surface area contributed by atoms with Crippen molar-refractivity contribution in [1.82, 2.24) is 0 Å². The second-order valence-electron chi connectivity index (χ2n) is 3.86. The van der Waals surface area contributed by atoms with Crippen molar-refractivity contribution in [3.8, 4) is 0 Å². The van der Waals surface area contributed by atoms with Crippen molar-refractivity contribution in [2.75, 3.05) is 0 Å². The summed E-state index contributed by atoms with van der Waals surface area (Å²) < 4.78 is 62.7. The fraction of sp³-hybridized carbons (Fsp3) is 0.600. The van der Waals surface area contributed by atoms with Gasteiger partial charge in [0.2, 0.25) is 0 Å². The molecule has 0 saturated heterocycles. The number of rotatable bonds is 1. The SMILES string of the molecule is CC1C=C(C(C)(F)F)C=C(C(F)(F)F)C1. The highest BCUT2D eigenvalue weighted by atomic mass is 19.4. The maximum atomic E-state index is 12.9. The van der Waals surface area contributed by atoms with Gasteiger partial charge < -0.3 is 0 Å². The predicted octanol–water partition coefficient (Wildman–Crippen LogP) is 4.10. The molecule has 0 fully saturated rings. The van der Waals surface area contributed by atoms with E-state index in [2.05, 4.69) is 0 Å². The first-order chi connectivity index (χ1) is 6.60. The molecule has 0 aromatic heterocycles. The summed E-state index contributed by atoms with van der Waals surface area (Å²) in [6, 6.07) is 0. The third kappa shape index (κ3) is 3.04. The lowest BCUT2D eigenvalue weighted by Gasteiger charge is -2.23. The molecule has 1 rings (SSSR count). The van der Waals surface area contributed by atoms with Crippen LogP contribution >= 0.6 is 0 Å². The Labute approximate surface area is 84.5 Å². The van der Waals surface area contributed by atoms with Gasteiger partial charge in [-0.25, -0.2) is 8.78 Å². The molecule has 0 heterocycles. The quantitative estimate of drug-likeness (QED) is 0.590. The van der Waals surface area contributed by atoms with Gasteiger partial charge >= 0.3 is 6.18 Å². The normalized spacial score (nSPS) is 23.5. The first kappa shape index (κ1) is 12.2. The second-order valence-corrected chi connectivity index (χ2v) is 3.86. The van der Waals surface area contributed by atoms with Crippen molar-refractivity contribution in [2.45, 2.75) is 32.4 Å². The van der Waals surface area contributed by atoms with Crippen LogP contribution in [0.25, 0.3) is 0 Å². The van der Waals surface area contributed by atoms with E-state index in [0.717, 1.165) is 0 Å². The van der Waals surface area contributed by atoms with Gasteiger partial charge in [-0.3, -0.25) is 0 Å². The van der Waals surface area contributed by atoms with Crippen molar-refractivity contribution in [3.05, 3.63) is 23.3 Å². The van der Waals surface area contributed by atoms with E-state index < -0.39 is 29.2 Å². The van der Waals surface area contributed by atoms with E-state index in [1.165, 1.54) is 13.0 Å². The second kappa shape index (κ2) is 3.61. The van der Waals surface area contributed by atoms with Crippen molar-refractivity contribution >= 4 is 0 Å². The van der Waals surface area contributed by atoms with E-state index in [4.69, 9.17) is 0 Å². The minimum Gasteiger partial charge on any atom is -0.202 e. The van der Waals surface area contributed by atoms with Gasteiger partial charge in [0.15, 0.2) is 0 Å². The molecule has 5 heteroatoms. The topological polar surface area (TPSA) is 0 Å². The van der Waals surface area contributed by atoms with E-state index >= 15 is 0 Å². The first-order valence-electron chi connectivity index (χ1n) is 4.48. The van der Waals surface area contributed by atoms with Crippen LogP contribution in [0.1, 0.15) is 20.3 Å². The predicted molar refractivity (Wildman–Crippen MR) is 46.6 cm³/mol. The number of hydrogen-bond donors (Lipinski definition) is 0. The largest absolute Gasteiger partial charge is 0.412 e. The van der Waals surface area contributed by atoms with Crippen LogP contribution in [0, 0.1) is 5.92 Å². The first-order valence-corrected chi connectivity index (χ1v) is 4.48. The minimum atomic E-state index is -4.51. The molecule has 1 unspecified atom stereocenters. The molecule has 0 N–H and O–H groups in total. The van der Waals surface area contributed by atoms with Crippen LogP contribution < -0.4 is 0 Å². The Morgan fingerprint density at radius 2 is 1.73 bits per heavy atom. The van der Waals surface area contributed by atoms with E-state index in [-0.39, 0.29) is 6.42 Å². The molecule has 0 saturated carbocycles. The van der Waals surface area contributed by atoms with Gasteiger partial charge in [0.05, 0.1) is 0 Å². The minimum absolute atomic E-state index is 0.233. The van der Waals surface area contributed by atoms with Crippen LogP contribution in [-0.2, 0) is 0 Å². The van der Waals surface area contributed by atoms with E-state index in [0.29, 0.717) is 13.0 Å². The lowest BCUT2D eigenvalue weighted by atomic mass is 9.89. The maximum Gasteiger partial charge on any atom is 0.412 e. The molecule has 0 radical (unpaired) electrons. The summed E-state index contributed by atoms with van der Waals surface area (Å²) in [6.07, 6.45) is -3.00. The molecule has 86 valence electrons. The third-order valence-corrected chi connectivity index (χ3v) is 2.21. The summed E-state index contributed by atoms with van der Waals surface area (Å²) in [5.74, 6) is -3.72. The highest BCUT2D eigenvalue weighted by molar-refractivity contribution is 5.35. The van der Waals surface area contributed by atoms with Crippen LogP contribution in [0.15, 0.2) is 23.3 Å². The number of alkyl halides is 5. The van der Waals surface area contributed by atoms with Gasteiger partial charge in [-0.1, -0.05) is 13.0 Å². The zero-order valence-electron chi connectivity index (χ0n) is 8.33. The Bertz CT molecular complexity index is 303. The monoisotopic (exact) mass is 226 g/mol. The Morgan fingerprint density at radius 3 is 2.13 bits per heavy atom. The molecular weight excluding hydrogens is 215 g/mol. The molecule has 0 spiro atoms. The third-order valence-electron chi connectivity index (χ3n) is 2.21. The average molecular weight is 226 g/mol. The van der Waals surface area contributed by atoms with Gasteiger partial charge in [0, 0.05) is 18.1 Å². The van der Waals surface area contributed by atoms with Crippen molar-refractivity contribution in [3.63, 3.8) is 0 Å². The summed E-state index contributed by atoms with van der Waals surface area (Å²) >= 11 is 0. The number of allylic oxidation sites excluding steroid dienone is 4. The molecule has 15 heavy (non-hydrogen) atoms. The van der Waals surface area contributed by atoms with Crippen LogP contribution in [-0.4, -0.2) is 12.1 Å². The van der Waals surface area contributed by atoms with Gasteiger partial charge in [0.1, 0.15) is 0 Å². The molecule has 0 bridgehead atoms. The summed E-state index contributed by atoms with van der Waals surface area (Å²) in [5, 5.41) is 0. The molecule has 1 aliphatic carbocycles. The molecule has 0 amide bonds. The van der Waals surface area contributed by atoms with Crippen molar-refractivity contribution in [2.24, 2.45) is 5.92 Å². The highest BCUT2D eigenvalue weighted by Crippen LogP contribution is 2.38. The van der Waals surface area contributed by atoms with Crippen LogP contribution in [0.4, 0.5) is 22.0 Å². The lowest BCUT2D eigenvalue weighted by Crippen LogP contribution is -2.22. The van der Waals surface area contributed by atoms with Crippen LogP contribution in [0.5, 0.6) is 0 Å². The molecular formula is C10H11F5. The molecule has 0 aromatic rings. The summed E-state index contributed by atoms with van der Waals surface area (Å²) in [4.78, 5) is 0. The Kier molecular flexibility index (Phi) is 2.94. The van der Waals surface area contributed by atoms with Crippen molar-refractivity contribution < 1.29 is 22.0 Å². The molecule has 1 aliphatic rings. The molecule has 0 aliphatic heterocycles. The van der Waals surface area contributed by atoms with Crippen LogP contribution in [0.3, 0.4) is 0 Å². The Morgan fingerprint density at radius 1 is 1.20 bits per heavy atom. The zero-order chi connectivity index (χ0) is 11.9. The number of hydrogen-bond acceptors (Lipinski definition) is 0. The fourth-order valence-electron chi connectivity index (χ4n) is 1.48. The van der Waals surface area contributed by atoms with Gasteiger partial charge in [0.25, 0.3) is 5.92 Å². The Balaban J connectivity index is 3.06. The molecule has 1 atom stereocenters. The summed E-state index contributed by atoms with van der Waals surface area (Å²) in [5.41, 5.74) is -1.43. The summed E-state index contributed by atoms with van der Waals surface area (Å²) in [6.45, 7) is 2.09. The Hall–Kier alpha value is -0.870. The van der Waals surface area contributed by atoms with E-state index in [1.54, 1.807) is 0 Å². The van der Waals surface area contributed by atoms with Gasteiger partial charge in [-0.05, 0) is 18.4 Å². The number of halogens is 5. The smallest absolute Gasteiger partial charge is 0.202 e. The standard InChI is InChI=1S/C10H11F5/c1-6-3-7(9(2,11)12)5-8(4-6)10(13,14)15/h3,5-6H,4H2,1-2H3. The van der Waals surface area contributed by atoms with Gasteiger partial charge in [-0.15, -0.1) is 0 Å². The summed E-state index contributed by atoms with van der Waals surface area (Å²) in [7, 11) is 0. The van der Waals surface area contributed by atoms with E-state index in [1.807, 2.05) is 0 Å². The average Bonchev–Trinajstić information content (AvgIpc) is 1.99. The highest BCUT2D eigenvalue weighted by Gasteiger charge is 2.38. The van der Waals surface area contributed by atoms with E-state index in [9.17, 15) is 22.0 Å². The maximum absolute atomic E-state index is 12.9. The fourth-order valence-corrected chi connectivity index (χ4v) is 1.48. The molecule has 0 aromatic carbocycles. The lowest BCUT2D eigenvalue weighted by molar-refractivity contribution is -0.0953. The van der Waals surface area contributed by atoms with Crippen LogP contribution in [0.2, 0.25) is 0 Å². The van der Waals surface area contributed by atoms with Gasteiger partial charge in [-0.2, -0.15) is 13.2 Å². The molecule has 0 nitrogen and oxygen atoms in total. The zero-order valence-corrected chi connectivity index (χ0v) is 8.33.